The molecule has 0 atom stereocenters. The van der Waals surface area contributed by atoms with Gasteiger partial charge in [0.2, 0.25) is 5.91 Å². The van der Waals surface area contributed by atoms with Crippen molar-refractivity contribution < 1.29 is 14.4 Å². The quantitative estimate of drug-likeness (QED) is 0.398. The van der Waals surface area contributed by atoms with Crippen molar-refractivity contribution in [2.75, 3.05) is 30.8 Å². The van der Waals surface area contributed by atoms with E-state index in [1.165, 1.54) is 27.9 Å². The molecule has 0 aliphatic carbocycles. The lowest BCUT2D eigenvalue weighted by atomic mass is 10.2. The van der Waals surface area contributed by atoms with Crippen molar-refractivity contribution in [1.29, 1.82) is 0 Å². The Morgan fingerprint density at radius 3 is 2.38 bits per heavy atom. The molecule has 2 heterocycles. The molecular formula is C21H31N7O5S. The van der Waals surface area contributed by atoms with Gasteiger partial charge < -0.3 is 15.5 Å². The molecule has 0 unspecified atom stereocenters. The van der Waals surface area contributed by atoms with Crippen molar-refractivity contribution in [2.24, 2.45) is 11.8 Å². The number of nitrogens with one attached hydrogen (secondary N) is 3. The first kappa shape index (κ1) is 26.6. The number of hydrogen-bond donors (Lipinski definition) is 4. The van der Waals surface area contributed by atoms with E-state index in [0.29, 0.717) is 4.88 Å². The molecule has 2 aromatic rings. The number of nitrogen functional groups attached to an aromatic ring is 1. The Labute approximate surface area is 200 Å². The number of rotatable bonds is 8. The topological polar surface area (TPSA) is 163 Å². The van der Waals surface area contributed by atoms with Gasteiger partial charge in [-0.25, -0.2) is 15.0 Å². The van der Waals surface area contributed by atoms with E-state index >= 15 is 0 Å². The van der Waals surface area contributed by atoms with E-state index in [1.807, 2.05) is 27.7 Å². The Morgan fingerprint density at radius 2 is 1.82 bits per heavy atom. The van der Waals surface area contributed by atoms with Gasteiger partial charge in [0.05, 0.1) is 4.88 Å². The second-order valence-corrected chi connectivity index (χ2v) is 9.56. The van der Waals surface area contributed by atoms with Gasteiger partial charge in [-0.15, -0.1) is 11.3 Å². The summed E-state index contributed by atoms with van der Waals surface area (Å²) in [6.07, 6.45) is 0. The van der Waals surface area contributed by atoms with Crippen LogP contribution in [0.1, 0.15) is 37.4 Å². The smallest absolute Gasteiger partial charge is 0.336 e. The largest absolute Gasteiger partial charge is 0.383 e. The van der Waals surface area contributed by atoms with E-state index in [0.717, 1.165) is 4.90 Å². The highest BCUT2D eigenvalue weighted by atomic mass is 32.1. The predicted octanol–water partition coefficient (Wildman–Crippen LogP) is 0.812. The number of urea groups is 1. The van der Waals surface area contributed by atoms with E-state index in [2.05, 4.69) is 15.8 Å². The summed E-state index contributed by atoms with van der Waals surface area (Å²) in [5, 5.41) is 1.72. The monoisotopic (exact) mass is 493 g/mol. The first-order chi connectivity index (χ1) is 15.9. The number of hydrogen-bond acceptors (Lipinski definition) is 7. The minimum absolute atomic E-state index is 0.0440. The van der Waals surface area contributed by atoms with Gasteiger partial charge in [0.1, 0.15) is 12.4 Å². The molecule has 0 bridgehead atoms. The molecule has 4 amide bonds. The maximum Gasteiger partial charge on any atom is 0.336 e. The Bertz CT molecular complexity index is 1140. The molecule has 5 N–H and O–H groups in total. The predicted molar refractivity (Wildman–Crippen MR) is 131 cm³/mol. The van der Waals surface area contributed by atoms with Crippen LogP contribution in [0.3, 0.4) is 0 Å². The van der Waals surface area contributed by atoms with Gasteiger partial charge in [-0.3, -0.25) is 29.4 Å². The van der Waals surface area contributed by atoms with Crippen LogP contribution in [0.2, 0.25) is 0 Å². The Hall–Kier alpha value is -3.61. The number of aromatic amines is 1. The number of thiophene rings is 1. The van der Waals surface area contributed by atoms with Crippen LogP contribution in [-0.4, -0.2) is 52.4 Å². The van der Waals surface area contributed by atoms with E-state index < -0.39 is 35.6 Å². The maximum absolute atomic E-state index is 13.2. The average Bonchev–Trinajstić information content (AvgIpc) is 3.28. The summed E-state index contributed by atoms with van der Waals surface area (Å²) in [4.78, 5) is 67.3. The van der Waals surface area contributed by atoms with Gasteiger partial charge in [0, 0.05) is 20.1 Å². The summed E-state index contributed by atoms with van der Waals surface area (Å²) in [7, 11) is 1.37. The lowest BCUT2D eigenvalue weighted by molar-refractivity contribution is -0.119. The van der Waals surface area contributed by atoms with Crippen LogP contribution in [0.5, 0.6) is 0 Å². The van der Waals surface area contributed by atoms with Gasteiger partial charge in [0.15, 0.2) is 5.69 Å². The minimum atomic E-state index is -0.785. The van der Waals surface area contributed by atoms with E-state index in [-0.39, 0.29) is 36.4 Å². The van der Waals surface area contributed by atoms with E-state index in [4.69, 9.17) is 5.73 Å². The molecule has 13 heteroatoms. The fourth-order valence-electron chi connectivity index (χ4n) is 3.10. The molecule has 0 radical (unpaired) electrons. The second-order valence-electron chi connectivity index (χ2n) is 8.61. The fourth-order valence-corrected chi connectivity index (χ4v) is 3.72. The molecule has 186 valence electrons. The number of aromatic nitrogens is 2. The van der Waals surface area contributed by atoms with Crippen LogP contribution in [-0.2, 0) is 11.3 Å². The van der Waals surface area contributed by atoms with Crippen LogP contribution in [0, 0.1) is 11.8 Å². The summed E-state index contributed by atoms with van der Waals surface area (Å²) >= 11 is 1.21. The number of carbonyl (C=O) groups is 3. The number of anilines is 2. The molecule has 0 aliphatic heterocycles. The molecule has 34 heavy (non-hydrogen) atoms. The summed E-state index contributed by atoms with van der Waals surface area (Å²) in [6.45, 7) is 7.46. The molecule has 0 fully saturated rings. The summed E-state index contributed by atoms with van der Waals surface area (Å²) in [6, 6.07) is 2.58. The summed E-state index contributed by atoms with van der Waals surface area (Å²) in [5.41, 5.74) is 9.11. The van der Waals surface area contributed by atoms with Crippen molar-refractivity contribution in [3.05, 3.63) is 43.2 Å². The highest BCUT2D eigenvalue weighted by Crippen LogP contribution is 2.19. The normalized spacial score (nSPS) is 10.9. The van der Waals surface area contributed by atoms with Gasteiger partial charge >= 0.3 is 11.7 Å². The maximum atomic E-state index is 13.2. The molecule has 0 aliphatic rings. The third-order valence-corrected chi connectivity index (χ3v) is 5.50. The molecule has 2 rings (SSSR count). The Kier molecular flexibility index (Phi) is 9.01. The van der Waals surface area contributed by atoms with Crippen molar-refractivity contribution >= 4 is 40.7 Å². The van der Waals surface area contributed by atoms with Gasteiger partial charge in [-0.1, -0.05) is 33.8 Å². The zero-order chi connectivity index (χ0) is 25.6. The van der Waals surface area contributed by atoms with Crippen LogP contribution in [0.15, 0.2) is 27.1 Å². The average molecular weight is 494 g/mol. The van der Waals surface area contributed by atoms with E-state index in [9.17, 15) is 24.0 Å². The molecule has 0 saturated carbocycles. The van der Waals surface area contributed by atoms with Gasteiger partial charge in [-0.05, 0) is 23.3 Å². The van der Waals surface area contributed by atoms with Crippen LogP contribution in [0.4, 0.5) is 16.3 Å². The molecule has 0 spiro atoms. The van der Waals surface area contributed by atoms with Crippen LogP contribution < -0.4 is 32.7 Å². The highest BCUT2D eigenvalue weighted by molar-refractivity contribution is 7.12. The lowest BCUT2D eigenvalue weighted by Crippen LogP contribution is -2.51. The number of H-pyrrole nitrogens is 1. The van der Waals surface area contributed by atoms with Crippen LogP contribution >= 0.6 is 11.3 Å². The number of hydrazine groups is 1. The lowest BCUT2D eigenvalue weighted by Gasteiger charge is -2.28. The zero-order valence-electron chi connectivity index (χ0n) is 19.9. The third kappa shape index (κ3) is 6.70. The van der Waals surface area contributed by atoms with E-state index in [1.54, 1.807) is 17.5 Å². The number of nitrogens with zero attached hydrogens (tertiary/aromatic N) is 3. The van der Waals surface area contributed by atoms with Crippen molar-refractivity contribution in [3.8, 4) is 0 Å². The number of carbonyl (C=O) groups excluding carboxylic acids is 3. The second kappa shape index (κ2) is 11.5. The Morgan fingerprint density at radius 1 is 1.15 bits per heavy atom. The van der Waals surface area contributed by atoms with Crippen molar-refractivity contribution in [2.45, 2.75) is 34.2 Å². The number of amides is 4. The van der Waals surface area contributed by atoms with Gasteiger partial charge in [0.25, 0.3) is 11.5 Å². The minimum Gasteiger partial charge on any atom is -0.383 e. The van der Waals surface area contributed by atoms with Crippen molar-refractivity contribution in [1.82, 2.24) is 25.3 Å². The fraction of sp³-hybridized carbons (Fsp3) is 0.476. The summed E-state index contributed by atoms with van der Waals surface area (Å²) < 4.78 is 1.22. The SMILES string of the molecule is CC(C)CN(C(=O)CN(C)C(=O)NNC(=O)c1cccs1)c1c(N)n(CC(C)C)c(=O)[nH]c1=O. The summed E-state index contributed by atoms with van der Waals surface area (Å²) in [5.74, 6) is -1.17. The Balaban J connectivity index is 2.23. The first-order valence-electron chi connectivity index (χ1n) is 10.7. The molecule has 0 aromatic carbocycles. The molecule has 2 aromatic heterocycles. The zero-order valence-corrected chi connectivity index (χ0v) is 20.7. The molecule has 12 nitrogen and oxygen atoms in total. The number of likely N-dealkylation sites (N-methyl/N-ethyl adjacent to an activating group) is 1. The third-order valence-electron chi connectivity index (χ3n) is 4.63. The van der Waals surface area contributed by atoms with Crippen LogP contribution in [0.25, 0.3) is 0 Å². The molecular weight excluding hydrogens is 462 g/mol. The molecule has 0 saturated heterocycles. The van der Waals surface area contributed by atoms with Crippen molar-refractivity contribution in [3.63, 3.8) is 0 Å². The highest BCUT2D eigenvalue weighted by Gasteiger charge is 2.27. The standard InChI is InChI=1S/C21H31N7O5S/c1-12(2)9-27(16-17(22)28(10-13(3)4)20(32)23-19(16)31)15(29)11-26(5)21(33)25-24-18(30)14-7-6-8-34-14/h6-8,12-13H,9-11,22H2,1-5H3,(H,24,30)(H,25,33)(H,23,31,32). The first-order valence-corrected chi connectivity index (χ1v) is 11.6. The number of nitrogens with two attached hydrogens (primary N) is 1. The van der Waals surface area contributed by atoms with Gasteiger partial charge in [-0.2, -0.15) is 0 Å².